The van der Waals surface area contributed by atoms with Gasteiger partial charge in [0.25, 0.3) is 0 Å². The normalized spacial score (nSPS) is 11.9. The minimum Gasteiger partial charge on any atom is -0.386 e. The maximum Gasteiger partial charge on any atom is 0.0987 e. The first kappa shape index (κ1) is 13.5. The molecular formula is C14H13ClN2O2. The Balaban J connectivity index is 2.11. The molecule has 1 unspecified atom stereocenters. The summed E-state index contributed by atoms with van der Waals surface area (Å²) in [6.45, 7) is 0.0924. The van der Waals surface area contributed by atoms with Crippen LogP contribution in [0.4, 0.5) is 5.69 Å². The zero-order valence-electron chi connectivity index (χ0n) is 10.1. The summed E-state index contributed by atoms with van der Waals surface area (Å²) < 4.78 is 0. The number of hydrogen-bond acceptors (Lipinski definition) is 3. The first-order valence-corrected chi connectivity index (χ1v) is 6.18. The Labute approximate surface area is 116 Å². The summed E-state index contributed by atoms with van der Waals surface area (Å²) in [5, 5.41) is 14.8. The van der Waals surface area contributed by atoms with Crippen molar-refractivity contribution in [2.24, 2.45) is 5.29 Å². The molecule has 0 radical (unpaired) electrons. The molecule has 0 aliphatic carbocycles. The zero-order chi connectivity index (χ0) is 13.7. The molecule has 0 aliphatic heterocycles. The SMILES string of the molecule is O=NN(CC(O)c1ccccc1)c1ccc(Cl)cc1. The molecule has 2 aromatic carbocycles. The van der Waals surface area contributed by atoms with Crippen molar-refractivity contribution < 1.29 is 5.11 Å². The van der Waals surface area contributed by atoms with E-state index in [2.05, 4.69) is 5.29 Å². The maximum absolute atomic E-state index is 10.9. The van der Waals surface area contributed by atoms with Crippen molar-refractivity contribution >= 4 is 17.3 Å². The summed E-state index contributed by atoms with van der Waals surface area (Å²) in [5.41, 5.74) is 1.33. The van der Waals surface area contributed by atoms with E-state index < -0.39 is 6.10 Å². The van der Waals surface area contributed by atoms with Crippen LogP contribution in [0.25, 0.3) is 0 Å². The Hall–Kier alpha value is -1.91. The van der Waals surface area contributed by atoms with E-state index in [4.69, 9.17) is 11.6 Å². The molecule has 19 heavy (non-hydrogen) atoms. The van der Waals surface area contributed by atoms with Crippen molar-refractivity contribution in [2.75, 3.05) is 11.6 Å². The molecule has 5 heteroatoms. The summed E-state index contributed by atoms with van der Waals surface area (Å²) in [6, 6.07) is 15.8. The van der Waals surface area contributed by atoms with Gasteiger partial charge in [0.15, 0.2) is 0 Å². The van der Waals surface area contributed by atoms with Crippen LogP contribution in [0.15, 0.2) is 59.9 Å². The fraction of sp³-hybridized carbons (Fsp3) is 0.143. The molecule has 0 aromatic heterocycles. The smallest absolute Gasteiger partial charge is 0.0987 e. The Morgan fingerprint density at radius 3 is 2.32 bits per heavy atom. The van der Waals surface area contributed by atoms with E-state index in [-0.39, 0.29) is 6.54 Å². The molecule has 98 valence electrons. The summed E-state index contributed by atoms with van der Waals surface area (Å²) in [6.07, 6.45) is -0.783. The fourth-order valence-electron chi connectivity index (χ4n) is 1.74. The third-order valence-electron chi connectivity index (χ3n) is 2.75. The zero-order valence-corrected chi connectivity index (χ0v) is 10.9. The molecule has 0 fully saturated rings. The van der Waals surface area contributed by atoms with E-state index in [1.807, 2.05) is 18.2 Å². The van der Waals surface area contributed by atoms with Gasteiger partial charge in [-0.25, -0.2) is 5.01 Å². The van der Waals surface area contributed by atoms with Gasteiger partial charge in [-0.05, 0) is 29.8 Å². The summed E-state index contributed by atoms with van der Waals surface area (Å²) in [5.74, 6) is 0. The number of halogens is 1. The Morgan fingerprint density at radius 1 is 1.11 bits per heavy atom. The van der Waals surface area contributed by atoms with Crippen molar-refractivity contribution in [3.05, 3.63) is 70.1 Å². The van der Waals surface area contributed by atoms with Gasteiger partial charge in [-0.2, -0.15) is 0 Å². The van der Waals surface area contributed by atoms with Gasteiger partial charge < -0.3 is 5.11 Å². The Bertz CT molecular complexity index is 531. The van der Waals surface area contributed by atoms with Gasteiger partial charge >= 0.3 is 0 Å². The molecule has 0 saturated carbocycles. The summed E-state index contributed by atoms with van der Waals surface area (Å²) >= 11 is 5.78. The van der Waals surface area contributed by atoms with Gasteiger partial charge in [0, 0.05) is 5.02 Å². The number of hydrogen-bond donors (Lipinski definition) is 1. The number of nitrogens with zero attached hydrogens (tertiary/aromatic N) is 2. The van der Waals surface area contributed by atoms with E-state index in [0.29, 0.717) is 10.7 Å². The topological polar surface area (TPSA) is 52.9 Å². The van der Waals surface area contributed by atoms with Crippen LogP contribution in [0.5, 0.6) is 0 Å². The van der Waals surface area contributed by atoms with Crippen LogP contribution in [0.3, 0.4) is 0 Å². The molecule has 1 atom stereocenters. The van der Waals surface area contributed by atoms with Crippen molar-refractivity contribution in [2.45, 2.75) is 6.10 Å². The van der Waals surface area contributed by atoms with E-state index in [9.17, 15) is 10.0 Å². The minimum absolute atomic E-state index is 0.0924. The molecule has 4 nitrogen and oxygen atoms in total. The van der Waals surface area contributed by atoms with Gasteiger partial charge in [0.2, 0.25) is 0 Å². The molecule has 2 rings (SSSR count). The highest BCUT2D eigenvalue weighted by molar-refractivity contribution is 6.30. The van der Waals surface area contributed by atoms with Crippen LogP contribution in [0.2, 0.25) is 5.02 Å². The van der Waals surface area contributed by atoms with Crippen molar-refractivity contribution in [3.63, 3.8) is 0 Å². The molecular weight excluding hydrogens is 264 g/mol. The predicted molar refractivity (Wildman–Crippen MR) is 76.0 cm³/mol. The molecule has 0 bridgehead atoms. The highest BCUT2D eigenvalue weighted by Crippen LogP contribution is 2.21. The van der Waals surface area contributed by atoms with Crippen LogP contribution >= 0.6 is 11.6 Å². The fourth-order valence-corrected chi connectivity index (χ4v) is 1.87. The number of benzene rings is 2. The second kappa shape index (κ2) is 6.31. The third-order valence-corrected chi connectivity index (χ3v) is 3.01. The second-order valence-corrected chi connectivity index (χ2v) is 4.50. The molecule has 0 amide bonds. The first-order valence-electron chi connectivity index (χ1n) is 5.80. The van der Waals surface area contributed by atoms with Crippen LogP contribution in [0, 0.1) is 4.91 Å². The van der Waals surface area contributed by atoms with E-state index in [1.54, 1.807) is 36.4 Å². The number of anilines is 1. The van der Waals surface area contributed by atoms with Gasteiger partial charge in [0.05, 0.1) is 23.6 Å². The summed E-state index contributed by atoms with van der Waals surface area (Å²) in [4.78, 5) is 10.9. The van der Waals surface area contributed by atoms with Crippen molar-refractivity contribution in [1.29, 1.82) is 0 Å². The van der Waals surface area contributed by atoms with Crippen molar-refractivity contribution in [3.8, 4) is 0 Å². The van der Waals surface area contributed by atoms with Crippen LogP contribution < -0.4 is 5.01 Å². The summed E-state index contributed by atoms with van der Waals surface area (Å²) in [7, 11) is 0. The Kier molecular flexibility index (Phi) is 4.49. The van der Waals surface area contributed by atoms with Gasteiger partial charge in [-0.15, -0.1) is 4.91 Å². The molecule has 0 spiro atoms. The number of aliphatic hydroxyl groups is 1. The molecule has 1 N–H and O–H groups in total. The predicted octanol–water partition coefficient (Wildman–Crippen LogP) is 3.56. The van der Waals surface area contributed by atoms with Gasteiger partial charge in [0.1, 0.15) is 0 Å². The quantitative estimate of drug-likeness (QED) is 0.671. The van der Waals surface area contributed by atoms with E-state index in [0.717, 1.165) is 5.56 Å². The van der Waals surface area contributed by atoms with Crippen LogP contribution in [-0.2, 0) is 0 Å². The highest BCUT2D eigenvalue weighted by atomic mass is 35.5. The van der Waals surface area contributed by atoms with E-state index in [1.165, 1.54) is 5.01 Å². The number of aliphatic hydroxyl groups excluding tert-OH is 1. The number of nitroso groups, excluding NO2 is 1. The van der Waals surface area contributed by atoms with Crippen LogP contribution in [-0.4, -0.2) is 11.7 Å². The van der Waals surface area contributed by atoms with E-state index >= 15 is 0 Å². The standard InChI is InChI=1S/C14H13ClN2O2/c15-12-6-8-13(9-7-12)17(16-19)10-14(18)11-4-2-1-3-5-11/h1-9,14,18H,10H2. The molecule has 0 aliphatic rings. The molecule has 0 heterocycles. The number of rotatable bonds is 5. The third kappa shape index (κ3) is 3.53. The molecule has 0 saturated heterocycles. The first-order chi connectivity index (χ1) is 9.20. The monoisotopic (exact) mass is 276 g/mol. The highest BCUT2D eigenvalue weighted by Gasteiger charge is 2.14. The van der Waals surface area contributed by atoms with Crippen LogP contribution in [0.1, 0.15) is 11.7 Å². The lowest BCUT2D eigenvalue weighted by atomic mass is 10.1. The largest absolute Gasteiger partial charge is 0.386 e. The maximum atomic E-state index is 10.9. The minimum atomic E-state index is -0.783. The average Bonchev–Trinajstić information content (AvgIpc) is 2.46. The second-order valence-electron chi connectivity index (χ2n) is 4.07. The van der Waals surface area contributed by atoms with Crippen molar-refractivity contribution in [1.82, 2.24) is 0 Å². The molecule has 2 aromatic rings. The van der Waals surface area contributed by atoms with Gasteiger partial charge in [-0.1, -0.05) is 41.9 Å². The lowest BCUT2D eigenvalue weighted by molar-refractivity contribution is 0.183. The lowest BCUT2D eigenvalue weighted by Gasteiger charge is -2.19. The van der Waals surface area contributed by atoms with Gasteiger partial charge in [-0.3, -0.25) is 0 Å². The Morgan fingerprint density at radius 2 is 1.74 bits per heavy atom. The lowest BCUT2D eigenvalue weighted by Crippen LogP contribution is -2.22. The average molecular weight is 277 g/mol.